The van der Waals surface area contributed by atoms with Crippen molar-refractivity contribution in [2.75, 3.05) is 13.2 Å². The fraction of sp³-hybridized carbons (Fsp3) is 0.867. The molecule has 0 aromatic rings. The second-order valence-corrected chi connectivity index (χ2v) is 7.40. The highest BCUT2D eigenvalue weighted by Crippen LogP contribution is 2.36. The van der Waals surface area contributed by atoms with E-state index in [4.69, 9.17) is 17.0 Å². The SMILES string of the molecule is CC1C/C(=N\NC(=S)NCC2CCCO2)CC(C)(C)C1. The minimum absolute atomic E-state index is 0.302. The second-order valence-electron chi connectivity index (χ2n) is 6.99. The Hall–Kier alpha value is -0.680. The molecular formula is C15H27N3OS. The summed E-state index contributed by atoms with van der Waals surface area (Å²) in [6.45, 7) is 8.57. The third-order valence-electron chi connectivity index (χ3n) is 4.00. The maximum Gasteiger partial charge on any atom is 0.187 e. The van der Waals surface area contributed by atoms with Gasteiger partial charge < -0.3 is 10.1 Å². The zero-order valence-electron chi connectivity index (χ0n) is 12.9. The molecule has 5 heteroatoms. The van der Waals surface area contributed by atoms with Crippen molar-refractivity contribution in [3.63, 3.8) is 0 Å². The van der Waals surface area contributed by atoms with Gasteiger partial charge in [-0.1, -0.05) is 20.8 Å². The molecule has 2 atom stereocenters. The summed E-state index contributed by atoms with van der Waals surface area (Å²) in [7, 11) is 0. The maximum absolute atomic E-state index is 5.55. The molecule has 1 heterocycles. The van der Waals surface area contributed by atoms with Crippen LogP contribution in [0.4, 0.5) is 0 Å². The molecule has 2 N–H and O–H groups in total. The summed E-state index contributed by atoms with van der Waals surface area (Å²) >= 11 is 5.26. The van der Waals surface area contributed by atoms with E-state index in [1.807, 2.05) is 0 Å². The standard InChI is InChI=1S/C15H27N3OS/c1-11-7-12(9-15(2,3)8-11)17-18-14(20)16-10-13-5-4-6-19-13/h11,13H,4-10H2,1-3H3,(H2,16,18,20)/b17-12+. The first-order valence-corrected chi connectivity index (χ1v) is 8.06. The predicted octanol–water partition coefficient (Wildman–Crippen LogP) is 2.83. The Morgan fingerprint density at radius 2 is 2.30 bits per heavy atom. The van der Waals surface area contributed by atoms with Crippen LogP contribution in [0.15, 0.2) is 5.10 Å². The summed E-state index contributed by atoms with van der Waals surface area (Å²) in [4.78, 5) is 0. The van der Waals surface area contributed by atoms with Gasteiger partial charge in [0.05, 0.1) is 6.10 Å². The summed E-state index contributed by atoms with van der Waals surface area (Å²) in [6, 6.07) is 0. The fourth-order valence-corrected chi connectivity index (χ4v) is 3.51. The topological polar surface area (TPSA) is 45.7 Å². The first-order chi connectivity index (χ1) is 9.44. The molecule has 0 bridgehead atoms. The van der Waals surface area contributed by atoms with E-state index in [1.54, 1.807) is 0 Å². The molecule has 114 valence electrons. The summed E-state index contributed by atoms with van der Waals surface area (Å²) in [6.07, 6.45) is 5.98. The molecular weight excluding hydrogens is 270 g/mol. The van der Waals surface area contributed by atoms with Crippen LogP contribution in [0.5, 0.6) is 0 Å². The fourth-order valence-electron chi connectivity index (χ4n) is 3.38. The Morgan fingerprint density at radius 1 is 1.50 bits per heavy atom. The summed E-state index contributed by atoms with van der Waals surface area (Å²) in [5.41, 5.74) is 4.57. The van der Waals surface area contributed by atoms with Crippen LogP contribution < -0.4 is 10.7 Å². The van der Waals surface area contributed by atoms with Gasteiger partial charge in [0.1, 0.15) is 0 Å². The van der Waals surface area contributed by atoms with Gasteiger partial charge in [0.2, 0.25) is 0 Å². The number of nitrogens with one attached hydrogen (secondary N) is 2. The van der Waals surface area contributed by atoms with Crippen LogP contribution in [0.2, 0.25) is 0 Å². The summed E-state index contributed by atoms with van der Waals surface area (Å²) < 4.78 is 5.55. The molecule has 2 fully saturated rings. The number of ether oxygens (including phenoxy) is 1. The maximum atomic E-state index is 5.55. The average Bonchev–Trinajstić information content (AvgIpc) is 2.84. The molecule has 0 spiro atoms. The van der Waals surface area contributed by atoms with Crippen molar-refractivity contribution in [1.29, 1.82) is 0 Å². The van der Waals surface area contributed by atoms with Gasteiger partial charge in [-0.05, 0) is 55.7 Å². The molecule has 1 saturated heterocycles. The summed E-state index contributed by atoms with van der Waals surface area (Å²) in [5.74, 6) is 0.702. The highest BCUT2D eigenvalue weighted by molar-refractivity contribution is 7.80. The largest absolute Gasteiger partial charge is 0.376 e. The Balaban J connectivity index is 1.74. The van der Waals surface area contributed by atoms with Crippen molar-refractivity contribution < 1.29 is 4.74 Å². The lowest BCUT2D eigenvalue weighted by atomic mass is 9.72. The van der Waals surface area contributed by atoms with Crippen molar-refractivity contribution >= 4 is 23.0 Å². The van der Waals surface area contributed by atoms with E-state index in [-0.39, 0.29) is 0 Å². The van der Waals surface area contributed by atoms with E-state index < -0.39 is 0 Å². The molecule has 2 aliphatic rings. The molecule has 0 radical (unpaired) electrons. The van der Waals surface area contributed by atoms with Crippen molar-refractivity contribution in [2.24, 2.45) is 16.4 Å². The van der Waals surface area contributed by atoms with E-state index in [9.17, 15) is 0 Å². The first-order valence-electron chi connectivity index (χ1n) is 7.65. The molecule has 0 aromatic carbocycles. The first kappa shape index (κ1) is 15.7. The molecule has 20 heavy (non-hydrogen) atoms. The Bertz CT molecular complexity index is 375. The van der Waals surface area contributed by atoms with Crippen molar-refractivity contribution in [3.8, 4) is 0 Å². The number of rotatable bonds is 3. The third kappa shape index (κ3) is 5.02. The Labute approximate surface area is 127 Å². The lowest BCUT2D eigenvalue weighted by Gasteiger charge is -2.34. The van der Waals surface area contributed by atoms with E-state index >= 15 is 0 Å². The molecule has 1 saturated carbocycles. The van der Waals surface area contributed by atoms with E-state index in [2.05, 4.69) is 36.6 Å². The van der Waals surface area contributed by atoms with Gasteiger partial charge in [-0.15, -0.1) is 0 Å². The van der Waals surface area contributed by atoms with Crippen LogP contribution in [0.3, 0.4) is 0 Å². The zero-order valence-corrected chi connectivity index (χ0v) is 13.7. The van der Waals surface area contributed by atoms with Gasteiger partial charge in [0, 0.05) is 18.9 Å². The molecule has 4 nitrogen and oxygen atoms in total. The second kappa shape index (κ2) is 6.85. The number of hydrogen-bond donors (Lipinski definition) is 2. The minimum atomic E-state index is 0.302. The van der Waals surface area contributed by atoms with Crippen LogP contribution in [-0.2, 0) is 4.74 Å². The number of hydrazone groups is 1. The Kier molecular flexibility index (Phi) is 5.38. The number of hydrogen-bond acceptors (Lipinski definition) is 3. The van der Waals surface area contributed by atoms with Crippen molar-refractivity contribution in [2.45, 2.75) is 59.0 Å². The van der Waals surface area contributed by atoms with Crippen LogP contribution in [-0.4, -0.2) is 30.1 Å². The van der Waals surface area contributed by atoms with Gasteiger partial charge >= 0.3 is 0 Å². The number of nitrogens with zero attached hydrogens (tertiary/aromatic N) is 1. The van der Waals surface area contributed by atoms with Crippen LogP contribution in [0, 0.1) is 11.3 Å². The van der Waals surface area contributed by atoms with Crippen LogP contribution >= 0.6 is 12.2 Å². The lowest BCUT2D eigenvalue weighted by molar-refractivity contribution is 0.114. The van der Waals surface area contributed by atoms with Gasteiger partial charge in [0.15, 0.2) is 5.11 Å². The van der Waals surface area contributed by atoms with Gasteiger partial charge in [-0.2, -0.15) is 5.10 Å². The lowest BCUT2D eigenvalue weighted by Crippen LogP contribution is -2.38. The van der Waals surface area contributed by atoms with Crippen LogP contribution in [0.1, 0.15) is 52.9 Å². The van der Waals surface area contributed by atoms with E-state index in [1.165, 1.54) is 12.1 Å². The monoisotopic (exact) mass is 297 g/mol. The van der Waals surface area contributed by atoms with Gasteiger partial charge in [-0.3, -0.25) is 5.43 Å². The van der Waals surface area contributed by atoms with Gasteiger partial charge in [0.25, 0.3) is 0 Å². The number of thiocarbonyl (C=S) groups is 1. The van der Waals surface area contributed by atoms with Crippen molar-refractivity contribution in [3.05, 3.63) is 0 Å². The van der Waals surface area contributed by atoms with E-state index in [0.29, 0.717) is 22.5 Å². The molecule has 2 unspecified atom stereocenters. The normalized spacial score (nSPS) is 31.2. The molecule has 1 aliphatic carbocycles. The molecule has 0 amide bonds. The predicted molar refractivity (Wildman–Crippen MR) is 86.9 cm³/mol. The van der Waals surface area contributed by atoms with Crippen molar-refractivity contribution in [1.82, 2.24) is 10.7 Å². The van der Waals surface area contributed by atoms with Crippen LogP contribution in [0.25, 0.3) is 0 Å². The smallest absolute Gasteiger partial charge is 0.187 e. The highest BCUT2D eigenvalue weighted by Gasteiger charge is 2.29. The zero-order chi connectivity index (χ0) is 14.6. The van der Waals surface area contributed by atoms with Gasteiger partial charge in [-0.25, -0.2) is 0 Å². The highest BCUT2D eigenvalue weighted by atomic mass is 32.1. The minimum Gasteiger partial charge on any atom is -0.376 e. The molecule has 0 aromatic heterocycles. The molecule has 2 rings (SSSR count). The van der Waals surface area contributed by atoms with E-state index in [0.717, 1.165) is 38.8 Å². The quantitative estimate of drug-likeness (QED) is 0.621. The Morgan fingerprint density at radius 3 is 2.95 bits per heavy atom. The third-order valence-corrected chi connectivity index (χ3v) is 4.23. The summed E-state index contributed by atoms with van der Waals surface area (Å²) in [5, 5.41) is 8.28. The average molecular weight is 297 g/mol. The molecule has 1 aliphatic heterocycles.